The van der Waals surface area contributed by atoms with E-state index in [1.165, 1.54) is 13.2 Å². The Morgan fingerprint density at radius 1 is 1.41 bits per heavy atom. The van der Waals surface area contributed by atoms with Gasteiger partial charge < -0.3 is 10.5 Å². The van der Waals surface area contributed by atoms with Crippen LogP contribution in [0.15, 0.2) is 21.5 Å². The summed E-state index contributed by atoms with van der Waals surface area (Å²) < 4.78 is 33.3. The van der Waals surface area contributed by atoms with Crippen molar-refractivity contribution in [2.24, 2.45) is 11.7 Å². The van der Waals surface area contributed by atoms with Crippen LogP contribution in [0.1, 0.15) is 20.3 Å². The summed E-state index contributed by atoms with van der Waals surface area (Å²) in [7, 11) is -2.37. The molecule has 1 atom stereocenters. The Morgan fingerprint density at radius 2 is 2.00 bits per heavy atom. The van der Waals surface area contributed by atoms with Crippen molar-refractivity contribution in [3.63, 3.8) is 0 Å². The number of methoxy groups -OCH3 is 1. The molecule has 22 heavy (non-hydrogen) atoms. The minimum atomic E-state index is -3.77. The molecule has 0 radical (unpaired) electrons. The fraction of sp³-hybridized carbons (Fsp3) is 0.538. The minimum absolute atomic E-state index is 0. The second kappa shape index (κ2) is 9.30. The molecule has 0 saturated carbocycles. The molecular weight excluding hydrogens is 415 g/mol. The third-order valence-corrected chi connectivity index (χ3v) is 5.16. The monoisotopic (exact) mass is 434 g/mol. The summed E-state index contributed by atoms with van der Waals surface area (Å²) in [5.41, 5.74) is 5.64. The van der Waals surface area contributed by atoms with E-state index in [2.05, 4.69) is 20.7 Å². The number of nitrogens with one attached hydrogen (secondary N) is 1. The van der Waals surface area contributed by atoms with E-state index >= 15 is 0 Å². The summed E-state index contributed by atoms with van der Waals surface area (Å²) in [5.74, 6) is 0.543. The van der Waals surface area contributed by atoms with Crippen molar-refractivity contribution in [3.05, 3.63) is 21.6 Å². The van der Waals surface area contributed by atoms with Crippen molar-refractivity contribution in [2.75, 3.05) is 13.7 Å². The van der Waals surface area contributed by atoms with Crippen LogP contribution < -0.4 is 15.2 Å². The lowest BCUT2D eigenvalue weighted by atomic mass is 10.1. The standard InChI is InChI=1S/C13H20BrClN2O3S.ClH/c1-8(2)4-10(7-16)17-21(18,19)12-6-9(15)5-11(14)13(12)20-3;/h5-6,8,10,17H,4,7,16H2,1-3H3;1H. The maximum Gasteiger partial charge on any atom is 0.244 e. The van der Waals surface area contributed by atoms with Gasteiger partial charge in [0.25, 0.3) is 0 Å². The summed E-state index contributed by atoms with van der Waals surface area (Å²) in [6.45, 7) is 4.24. The third-order valence-electron chi connectivity index (χ3n) is 2.83. The second-order valence-electron chi connectivity index (χ2n) is 5.10. The lowest BCUT2D eigenvalue weighted by Crippen LogP contribution is -2.41. The van der Waals surface area contributed by atoms with Gasteiger partial charge in [0.2, 0.25) is 10.0 Å². The number of halogens is 3. The summed E-state index contributed by atoms with van der Waals surface area (Å²) >= 11 is 9.19. The van der Waals surface area contributed by atoms with Crippen molar-refractivity contribution >= 4 is 50.0 Å². The van der Waals surface area contributed by atoms with Crippen molar-refractivity contribution in [2.45, 2.75) is 31.2 Å². The predicted octanol–water partition coefficient (Wildman–Crippen LogP) is 3.18. The zero-order chi connectivity index (χ0) is 16.2. The molecule has 1 aromatic rings. The molecule has 1 unspecified atom stereocenters. The number of sulfonamides is 1. The van der Waals surface area contributed by atoms with Crippen molar-refractivity contribution in [1.82, 2.24) is 4.72 Å². The number of ether oxygens (including phenoxy) is 1. The molecule has 9 heteroatoms. The summed E-state index contributed by atoms with van der Waals surface area (Å²) in [5, 5.41) is 0.302. The zero-order valence-corrected chi connectivity index (χ0v) is 16.6. The van der Waals surface area contributed by atoms with Gasteiger partial charge in [-0.25, -0.2) is 13.1 Å². The molecule has 0 aliphatic heterocycles. The average Bonchev–Trinajstić information content (AvgIpc) is 2.36. The number of nitrogens with two attached hydrogens (primary N) is 1. The van der Waals surface area contributed by atoms with Gasteiger partial charge in [-0.1, -0.05) is 25.4 Å². The van der Waals surface area contributed by atoms with E-state index in [-0.39, 0.29) is 35.6 Å². The lowest BCUT2D eigenvalue weighted by Gasteiger charge is -2.20. The highest BCUT2D eigenvalue weighted by Crippen LogP contribution is 2.35. The predicted molar refractivity (Wildman–Crippen MR) is 95.6 cm³/mol. The van der Waals surface area contributed by atoms with Gasteiger partial charge in [0.05, 0.1) is 11.6 Å². The summed E-state index contributed by atoms with van der Waals surface area (Å²) in [4.78, 5) is -0.00780. The largest absolute Gasteiger partial charge is 0.494 e. The van der Waals surface area contributed by atoms with Gasteiger partial charge in [-0.15, -0.1) is 12.4 Å². The van der Waals surface area contributed by atoms with E-state index in [0.717, 1.165) is 0 Å². The molecule has 0 bridgehead atoms. The highest BCUT2D eigenvalue weighted by atomic mass is 79.9. The highest BCUT2D eigenvalue weighted by molar-refractivity contribution is 9.10. The first kappa shape index (κ1) is 21.9. The number of benzene rings is 1. The first-order valence-corrected chi connectivity index (χ1v) is 9.12. The maximum absolute atomic E-state index is 12.5. The molecule has 1 aromatic carbocycles. The first-order chi connectivity index (χ1) is 9.71. The number of hydrogen-bond acceptors (Lipinski definition) is 4. The van der Waals surface area contributed by atoms with Gasteiger partial charge in [-0.3, -0.25) is 0 Å². The number of hydrogen-bond donors (Lipinski definition) is 2. The second-order valence-corrected chi connectivity index (χ2v) is 8.08. The van der Waals surface area contributed by atoms with Crippen LogP contribution in [0.25, 0.3) is 0 Å². The SMILES string of the molecule is COc1c(Br)cc(Cl)cc1S(=O)(=O)NC(CN)CC(C)C.Cl. The zero-order valence-electron chi connectivity index (χ0n) is 12.6. The highest BCUT2D eigenvalue weighted by Gasteiger charge is 2.25. The van der Waals surface area contributed by atoms with Crippen LogP contribution in [0, 0.1) is 5.92 Å². The first-order valence-electron chi connectivity index (χ1n) is 6.46. The Labute approximate surface area is 151 Å². The topological polar surface area (TPSA) is 81.4 Å². The van der Waals surface area contributed by atoms with Crippen LogP contribution >= 0.6 is 39.9 Å². The van der Waals surface area contributed by atoms with Gasteiger partial charge in [0, 0.05) is 17.6 Å². The van der Waals surface area contributed by atoms with E-state index in [1.54, 1.807) is 6.07 Å². The van der Waals surface area contributed by atoms with E-state index in [0.29, 0.717) is 21.8 Å². The van der Waals surface area contributed by atoms with E-state index in [9.17, 15) is 8.42 Å². The Kier molecular flexibility index (Phi) is 9.27. The van der Waals surface area contributed by atoms with E-state index in [1.807, 2.05) is 13.8 Å². The molecule has 5 nitrogen and oxygen atoms in total. The Bertz CT molecular complexity index is 597. The van der Waals surface area contributed by atoms with E-state index in [4.69, 9.17) is 22.1 Å². The molecule has 3 N–H and O–H groups in total. The van der Waals surface area contributed by atoms with Crippen molar-refractivity contribution in [1.29, 1.82) is 0 Å². The van der Waals surface area contributed by atoms with Crippen LogP contribution in [0.5, 0.6) is 5.75 Å². The van der Waals surface area contributed by atoms with Crippen molar-refractivity contribution < 1.29 is 13.2 Å². The molecule has 0 aliphatic rings. The minimum Gasteiger partial charge on any atom is -0.494 e. The summed E-state index contributed by atoms with van der Waals surface area (Å²) in [6.07, 6.45) is 0.653. The van der Waals surface area contributed by atoms with Gasteiger partial charge in [-0.05, 0) is 40.4 Å². The Balaban J connectivity index is 0.00000441. The van der Waals surface area contributed by atoms with Gasteiger partial charge in [-0.2, -0.15) is 0 Å². The normalized spacial score (nSPS) is 12.9. The van der Waals surface area contributed by atoms with Gasteiger partial charge in [0.1, 0.15) is 4.90 Å². The smallest absolute Gasteiger partial charge is 0.244 e. The molecular formula is C13H21BrCl2N2O3S. The molecule has 0 aromatic heterocycles. The van der Waals surface area contributed by atoms with Gasteiger partial charge >= 0.3 is 0 Å². The molecule has 0 heterocycles. The molecule has 0 saturated heterocycles. The molecule has 128 valence electrons. The fourth-order valence-electron chi connectivity index (χ4n) is 1.98. The van der Waals surface area contributed by atoms with Crippen LogP contribution in [-0.4, -0.2) is 28.1 Å². The van der Waals surface area contributed by atoms with Crippen LogP contribution in [0.3, 0.4) is 0 Å². The molecule has 0 fully saturated rings. The summed E-state index contributed by atoms with van der Waals surface area (Å²) in [6, 6.07) is 2.60. The number of rotatable bonds is 7. The molecule has 0 amide bonds. The van der Waals surface area contributed by atoms with E-state index < -0.39 is 10.0 Å². The van der Waals surface area contributed by atoms with Crippen LogP contribution in [-0.2, 0) is 10.0 Å². The van der Waals surface area contributed by atoms with Gasteiger partial charge in [0.15, 0.2) is 5.75 Å². The fourth-order valence-corrected chi connectivity index (χ4v) is 4.62. The van der Waals surface area contributed by atoms with Crippen LogP contribution in [0.2, 0.25) is 5.02 Å². The molecule has 0 aliphatic carbocycles. The maximum atomic E-state index is 12.5. The Hall–Kier alpha value is -0.0500. The lowest BCUT2D eigenvalue weighted by molar-refractivity contribution is 0.398. The third kappa shape index (κ3) is 5.86. The molecule has 0 spiro atoms. The quantitative estimate of drug-likeness (QED) is 0.688. The Morgan fingerprint density at radius 3 is 2.45 bits per heavy atom. The van der Waals surface area contributed by atoms with Crippen molar-refractivity contribution in [3.8, 4) is 5.75 Å². The van der Waals surface area contributed by atoms with Crippen LogP contribution in [0.4, 0.5) is 0 Å². The average molecular weight is 436 g/mol. The molecule has 1 rings (SSSR count).